The maximum atomic E-state index is 9.88. The number of hydrogen-bond donors (Lipinski definition) is 2. The third-order valence-electron chi connectivity index (χ3n) is 4.71. The second-order valence-electron chi connectivity index (χ2n) is 6.38. The molecular formula is C20H20BrNO2. The van der Waals surface area contributed by atoms with Gasteiger partial charge >= 0.3 is 0 Å². The number of benzene rings is 2. The maximum Gasteiger partial charge on any atom is 0.119 e. The molecule has 2 aromatic carbocycles. The van der Waals surface area contributed by atoms with Gasteiger partial charge in [0.05, 0.1) is 0 Å². The monoisotopic (exact) mass is 385 g/mol. The average molecular weight is 386 g/mol. The van der Waals surface area contributed by atoms with E-state index in [1.165, 1.54) is 15.6 Å². The van der Waals surface area contributed by atoms with Crippen LogP contribution in [0.1, 0.15) is 29.5 Å². The smallest absolute Gasteiger partial charge is 0.119 e. The van der Waals surface area contributed by atoms with Crippen molar-refractivity contribution in [2.24, 2.45) is 0 Å². The van der Waals surface area contributed by atoms with E-state index in [0.717, 1.165) is 49.2 Å². The topological polar surface area (TPSA) is 41.5 Å². The van der Waals surface area contributed by atoms with E-state index in [0.29, 0.717) is 5.75 Å². The summed E-state index contributed by atoms with van der Waals surface area (Å²) in [6.07, 6.45) is 3.31. The number of fused-ring (bicyclic) bond motifs is 1. The van der Waals surface area contributed by atoms with Crippen molar-refractivity contribution in [1.82, 2.24) is 5.32 Å². The molecule has 0 aromatic heterocycles. The lowest BCUT2D eigenvalue weighted by Crippen LogP contribution is -2.19. The van der Waals surface area contributed by atoms with Crippen LogP contribution in [0.5, 0.6) is 11.5 Å². The Kier molecular flexibility index (Phi) is 4.33. The van der Waals surface area contributed by atoms with Gasteiger partial charge in [-0.3, -0.25) is 0 Å². The number of hydrogen-bond acceptors (Lipinski definition) is 3. The second kappa shape index (κ2) is 6.61. The molecule has 1 atom stereocenters. The molecule has 1 heterocycles. The zero-order chi connectivity index (χ0) is 16.5. The Morgan fingerprint density at radius 3 is 2.67 bits per heavy atom. The third-order valence-corrected chi connectivity index (χ3v) is 5.50. The summed E-state index contributed by atoms with van der Waals surface area (Å²) in [6, 6.07) is 13.9. The highest BCUT2D eigenvalue weighted by molar-refractivity contribution is 9.11. The van der Waals surface area contributed by atoms with Crippen LogP contribution in [0.25, 0.3) is 5.57 Å². The molecule has 24 heavy (non-hydrogen) atoms. The van der Waals surface area contributed by atoms with Crippen molar-refractivity contribution in [2.45, 2.75) is 25.4 Å². The number of phenolic OH excluding ortho intramolecular Hbond substituents is 1. The maximum absolute atomic E-state index is 9.88. The normalized spacial score (nSPS) is 20.1. The van der Waals surface area contributed by atoms with E-state index >= 15 is 0 Å². The van der Waals surface area contributed by atoms with E-state index in [-0.39, 0.29) is 6.10 Å². The highest BCUT2D eigenvalue weighted by Gasteiger charge is 2.20. The molecule has 1 fully saturated rings. The van der Waals surface area contributed by atoms with Gasteiger partial charge in [-0.1, -0.05) is 34.1 Å². The molecule has 2 aromatic rings. The van der Waals surface area contributed by atoms with Crippen LogP contribution >= 0.6 is 15.9 Å². The summed E-state index contributed by atoms with van der Waals surface area (Å²) < 4.78 is 7.19. The molecule has 0 spiro atoms. The Balaban J connectivity index is 1.64. The zero-order valence-electron chi connectivity index (χ0n) is 13.4. The fourth-order valence-electron chi connectivity index (χ4n) is 3.46. The molecule has 2 N–H and O–H groups in total. The molecule has 0 amide bonds. The highest BCUT2D eigenvalue weighted by Crippen LogP contribution is 2.40. The van der Waals surface area contributed by atoms with Gasteiger partial charge in [0, 0.05) is 11.0 Å². The molecule has 2 aliphatic rings. The number of phenols is 1. The minimum absolute atomic E-state index is 0.272. The van der Waals surface area contributed by atoms with Crippen molar-refractivity contribution in [1.29, 1.82) is 0 Å². The van der Waals surface area contributed by atoms with Crippen LogP contribution < -0.4 is 10.1 Å². The van der Waals surface area contributed by atoms with Crippen LogP contribution in [0.2, 0.25) is 0 Å². The van der Waals surface area contributed by atoms with Gasteiger partial charge < -0.3 is 15.2 Å². The lowest BCUT2D eigenvalue weighted by molar-refractivity contribution is 0.223. The van der Waals surface area contributed by atoms with Crippen LogP contribution in [0.4, 0.5) is 0 Å². The van der Waals surface area contributed by atoms with Gasteiger partial charge in [0.15, 0.2) is 0 Å². The van der Waals surface area contributed by atoms with Crippen LogP contribution in [0.15, 0.2) is 46.9 Å². The first-order valence-electron chi connectivity index (χ1n) is 8.39. The van der Waals surface area contributed by atoms with E-state index in [1.54, 1.807) is 6.07 Å². The molecule has 1 saturated heterocycles. The molecule has 4 rings (SSSR count). The fraction of sp³-hybridized carbons (Fsp3) is 0.300. The van der Waals surface area contributed by atoms with E-state index in [4.69, 9.17) is 4.74 Å². The number of aryl methyl sites for hydroxylation is 1. The standard InChI is InChI=1S/C20H20BrNO2/c21-19-8-4-13-1-5-15(23)11-18(13)20(19)14-2-6-16(7-3-14)24-17-9-10-22-12-17/h1-3,5-7,11,17,22-23H,4,8-10,12H2. The zero-order valence-corrected chi connectivity index (χ0v) is 15.0. The molecular weight excluding hydrogens is 366 g/mol. The second-order valence-corrected chi connectivity index (χ2v) is 7.34. The summed E-state index contributed by atoms with van der Waals surface area (Å²) in [5.41, 5.74) is 4.71. The SMILES string of the molecule is Oc1ccc2c(c1)C(c1ccc(OC3CCNC3)cc1)=C(Br)CC2. The summed E-state index contributed by atoms with van der Waals surface area (Å²) in [5.74, 6) is 1.22. The summed E-state index contributed by atoms with van der Waals surface area (Å²) in [5, 5.41) is 13.2. The number of halogens is 1. The predicted molar refractivity (Wildman–Crippen MR) is 99.7 cm³/mol. The Morgan fingerprint density at radius 1 is 1.08 bits per heavy atom. The molecule has 1 aliphatic heterocycles. The van der Waals surface area contributed by atoms with Gasteiger partial charge in [0.1, 0.15) is 17.6 Å². The van der Waals surface area contributed by atoms with Crippen molar-refractivity contribution in [3.63, 3.8) is 0 Å². The molecule has 124 valence electrons. The largest absolute Gasteiger partial charge is 0.508 e. The molecule has 1 unspecified atom stereocenters. The van der Waals surface area contributed by atoms with Crippen LogP contribution in [0.3, 0.4) is 0 Å². The Hall–Kier alpha value is -1.78. The summed E-state index contributed by atoms with van der Waals surface area (Å²) in [6.45, 7) is 1.95. The van der Waals surface area contributed by atoms with Gasteiger partial charge in [-0.2, -0.15) is 0 Å². The quantitative estimate of drug-likeness (QED) is 0.830. The van der Waals surface area contributed by atoms with Crippen molar-refractivity contribution >= 4 is 21.5 Å². The number of aromatic hydroxyl groups is 1. The molecule has 0 radical (unpaired) electrons. The van der Waals surface area contributed by atoms with E-state index in [1.807, 2.05) is 24.3 Å². The van der Waals surface area contributed by atoms with Gasteiger partial charge in [0.25, 0.3) is 0 Å². The van der Waals surface area contributed by atoms with Gasteiger partial charge in [-0.05, 0) is 72.3 Å². The summed E-state index contributed by atoms with van der Waals surface area (Å²) >= 11 is 3.73. The predicted octanol–water partition coefficient (Wildman–Crippen LogP) is 4.23. The lowest BCUT2D eigenvalue weighted by Gasteiger charge is -2.21. The number of allylic oxidation sites excluding steroid dienone is 1. The Labute approximate surface area is 150 Å². The van der Waals surface area contributed by atoms with E-state index < -0.39 is 0 Å². The number of nitrogens with one attached hydrogen (secondary N) is 1. The highest BCUT2D eigenvalue weighted by atomic mass is 79.9. The van der Waals surface area contributed by atoms with Crippen LogP contribution in [-0.4, -0.2) is 24.3 Å². The van der Waals surface area contributed by atoms with Gasteiger partial charge in [-0.25, -0.2) is 0 Å². The molecule has 1 aliphatic carbocycles. The van der Waals surface area contributed by atoms with Gasteiger partial charge in [0.2, 0.25) is 0 Å². The lowest BCUT2D eigenvalue weighted by atomic mass is 9.87. The summed E-state index contributed by atoms with van der Waals surface area (Å²) in [4.78, 5) is 0. The first-order chi connectivity index (χ1) is 11.7. The summed E-state index contributed by atoms with van der Waals surface area (Å²) in [7, 11) is 0. The van der Waals surface area contributed by atoms with Crippen molar-refractivity contribution in [3.8, 4) is 11.5 Å². The fourth-order valence-corrected chi connectivity index (χ4v) is 4.10. The molecule has 4 heteroatoms. The molecule has 0 bridgehead atoms. The average Bonchev–Trinajstić information content (AvgIpc) is 3.09. The number of rotatable bonds is 3. The van der Waals surface area contributed by atoms with Gasteiger partial charge in [-0.15, -0.1) is 0 Å². The van der Waals surface area contributed by atoms with Crippen LogP contribution in [0, 0.1) is 0 Å². The molecule has 3 nitrogen and oxygen atoms in total. The minimum atomic E-state index is 0.272. The van der Waals surface area contributed by atoms with E-state index in [9.17, 15) is 5.11 Å². The Bertz CT molecular complexity index is 777. The van der Waals surface area contributed by atoms with Crippen molar-refractivity contribution in [2.75, 3.05) is 13.1 Å². The first-order valence-corrected chi connectivity index (χ1v) is 9.19. The number of ether oxygens (including phenoxy) is 1. The van der Waals surface area contributed by atoms with E-state index in [2.05, 4.69) is 33.4 Å². The first kappa shape index (κ1) is 15.7. The van der Waals surface area contributed by atoms with Crippen molar-refractivity contribution in [3.05, 3.63) is 63.6 Å². The van der Waals surface area contributed by atoms with Crippen LogP contribution in [-0.2, 0) is 6.42 Å². The minimum Gasteiger partial charge on any atom is -0.508 e. The van der Waals surface area contributed by atoms with Crippen molar-refractivity contribution < 1.29 is 9.84 Å². The molecule has 0 saturated carbocycles. The third kappa shape index (κ3) is 3.08. The Morgan fingerprint density at radius 2 is 1.92 bits per heavy atom.